The van der Waals surface area contributed by atoms with Crippen LogP contribution in [0.2, 0.25) is 0 Å². The number of hydrogen-bond acceptors (Lipinski definition) is 5. The third-order valence-corrected chi connectivity index (χ3v) is 6.06. The fourth-order valence-electron chi connectivity index (χ4n) is 2.49. The Morgan fingerprint density at radius 3 is 2.59 bits per heavy atom. The monoisotopic (exact) mass is 402 g/mol. The molecular formula is C19H18N2O4S2. The zero-order chi connectivity index (χ0) is 19.4. The lowest BCUT2D eigenvalue weighted by Gasteiger charge is -2.14. The van der Waals surface area contributed by atoms with E-state index in [-0.39, 0.29) is 10.8 Å². The number of para-hydroxylation sites is 2. The van der Waals surface area contributed by atoms with E-state index < -0.39 is 10.0 Å². The van der Waals surface area contributed by atoms with E-state index in [1.54, 1.807) is 60.1 Å². The van der Waals surface area contributed by atoms with Gasteiger partial charge in [0.15, 0.2) is 0 Å². The van der Waals surface area contributed by atoms with Gasteiger partial charge >= 0.3 is 0 Å². The van der Waals surface area contributed by atoms with E-state index in [1.165, 1.54) is 24.5 Å². The minimum Gasteiger partial charge on any atom is -0.495 e. The zero-order valence-corrected chi connectivity index (χ0v) is 16.4. The number of carbonyl (C=O) groups is 1. The molecule has 0 atom stereocenters. The summed E-state index contributed by atoms with van der Waals surface area (Å²) in [4.78, 5) is 12.3. The van der Waals surface area contributed by atoms with Crippen molar-refractivity contribution >= 4 is 38.6 Å². The summed E-state index contributed by atoms with van der Waals surface area (Å²) in [6.45, 7) is 1.70. The van der Waals surface area contributed by atoms with Crippen LogP contribution in [0.15, 0.2) is 64.2 Å². The van der Waals surface area contributed by atoms with Crippen LogP contribution in [0.3, 0.4) is 0 Å². The number of methoxy groups -OCH3 is 1. The van der Waals surface area contributed by atoms with E-state index >= 15 is 0 Å². The summed E-state index contributed by atoms with van der Waals surface area (Å²) in [6.07, 6.45) is 0. The van der Waals surface area contributed by atoms with Crippen LogP contribution in [0.5, 0.6) is 5.75 Å². The molecule has 3 rings (SSSR count). The molecule has 8 heteroatoms. The first-order valence-corrected chi connectivity index (χ1v) is 10.4. The number of amides is 1. The molecule has 0 saturated heterocycles. The summed E-state index contributed by atoms with van der Waals surface area (Å²) in [5.74, 6) is 0.127. The van der Waals surface area contributed by atoms with Gasteiger partial charge < -0.3 is 10.1 Å². The maximum Gasteiger partial charge on any atom is 0.262 e. The number of sulfonamides is 1. The predicted octanol–water partition coefficient (Wildman–Crippen LogP) is 4.12. The van der Waals surface area contributed by atoms with Gasteiger partial charge in [-0.25, -0.2) is 8.42 Å². The van der Waals surface area contributed by atoms with Crippen LogP contribution >= 0.6 is 11.3 Å². The third-order valence-electron chi connectivity index (χ3n) is 3.87. The van der Waals surface area contributed by atoms with Crippen LogP contribution in [0.25, 0.3) is 0 Å². The van der Waals surface area contributed by atoms with E-state index in [0.29, 0.717) is 28.3 Å². The van der Waals surface area contributed by atoms with E-state index in [1.807, 2.05) is 0 Å². The molecule has 0 saturated carbocycles. The third kappa shape index (κ3) is 4.29. The molecular weight excluding hydrogens is 384 g/mol. The van der Waals surface area contributed by atoms with Crippen molar-refractivity contribution in [3.8, 4) is 5.75 Å². The second kappa shape index (κ2) is 7.81. The van der Waals surface area contributed by atoms with Gasteiger partial charge in [-0.05, 0) is 48.2 Å². The number of hydrogen-bond donors (Lipinski definition) is 2. The maximum atomic E-state index is 12.9. The first-order chi connectivity index (χ1) is 12.9. The van der Waals surface area contributed by atoms with E-state index in [0.717, 1.165) is 0 Å². The van der Waals surface area contributed by atoms with Crippen molar-refractivity contribution in [3.63, 3.8) is 0 Å². The highest BCUT2D eigenvalue weighted by Gasteiger charge is 2.20. The highest BCUT2D eigenvalue weighted by atomic mass is 32.2. The highest BCUT2D eigenvalue weighted by molar-refractivity contribution is 7.92. The number of benzene rings is 2. The summed E-state index contributed by atoms with van der Waals surface area (Å²) >= 11 is 1.41. The van der Waals surface area contributed by atoms with Gasteiger partial charge in [-0.15, -0.1) is 0 Å². The van der Waals surface area contributed by atoms with Crippen molar-refractivity contribution in [2.45, 2.75) is 11.8 Å². The van der Waals surface area contributed by atoms with E-state index in [2.05, 4.69) is 10.0 Å². The average Bonchev–Trinajstić information content (AvgIpc) is 3.18. The van der Waals surface area contributed by atoms with Gasteiger partial charge in [-0.2, -0.15) is 11.3 Å². The second-order valence-corrected chi connectivity index (χ2v) is 8.18. The maximum absolute atomic E-state index is 12.9. The molecule has 140 valence electrons. The molecule has 2 N–H and O–H groups in total. The Kier molecular flexibility index (Phi) is 5.48. The lowest BCUT2D eigenvalue weighted by Crippen LogP contribution is -2.16. The average molecular weight is 402 g/mol. The molecule has 0 spiro atoms. The molecule has 0 aliphatic rings. The lowest BCUT2D eigenvalue weighted by atomic mass is 10.2. The molecule has 27 heavy (non-hydrogen) atoms. The van der Waals surface area contributed by atoms with Gasteiger partial charge in [0.25, 0.3) is 15.9 Å². The summed E-state index contributed by atoms with van der Waals surface area (Å²) in [5, 5.41) is 6.25. The quantitative estimate of drug-likeness (QED) is 0.650. The van der Waals surface area contributed by atoms with Crippen molar-refractivity contribution in [1.29, 1.82) is 0 Å². The van der Waals surface area contributed by atoms with Crippen LogP contribution in [0.4, 0.5) is 11.4 Å². The van der Waals surface area contributed by atoms with Gasteiger partial charge in [0.1, 0.15) is 5.75 Å². The predicted molar refractivity (Wildman–Crippen MR) is 107 cm³/mol. The van der Waals surface area contributed by atoms with Crippen molar-refractivity contribution in [2.75, 3.05) is 17.1 Å². The van der Waals surface area contributed by atoms with Gasteiger partial charge in [-0.1, -0.05) is 18.2 Å². The van der Waals surface area contributed by atoms with Gasteiger partial charge in [0.2, 0.25) is 0 Å². The molecule has 0 bridgehead atoms. The van der Waals surface area contributed by atoms with Crippen LogP contribution in [-0.2, 0) is 10.0 Å². The van der Waals surface area contributed by atoms with E-state index in [4.69, 9.17) is 4.74 Å². The molecule has 3 aromatic rings. The van der Waals surface area contributed by atoms with E-state index in [9.17, 15) is 13.2 Å². The number of nitrogens with one attached hydrogen (secondary N) is 2. The summed E-state index contributed by atoms with van der Waals surface area (Å²) in [6, 6.07) is 13.2. The smallest absolute Gasteiger partial charge is 0.262 e. The van der Waals surface area contributed by atoms with Gasteiger partial charge in [0, 0.05) is 11.1 Å². The molecule has 1 aromatic heterocycles. The standard InChI is InChI=1S/C19H18N2O4S2/c1-13-7-8-15(20-19(22)14-9-10-26-12-14)11-18(13)27(23,24)21-16-5-3-4-6-17(16)25-2/h3-12,21H,1-2H3,(H,20,22). The topological polar surface area (TPSA) is 84.5 Å². The number of ether oxygens (including phenoxy) is 1. The number of thiophene rings is 1. The highest BCUT2D eigenvalue weighted by Crippen LogP contribution is 2.28. The Balaban J connectivity index is 1.90. The Bertz CT molecular complexity index is 1060. The van der Waals surface area contributed by atoms with Crippen LogP contribution in [0.1, 0.15) is 15.9 Å². The normalized spacial score (nSPS) is 11.0. The molecule has 0 fully saturated rings. The first-order valence-electron chi connectivity index (χ1n) is 8.01. The SMILES string of the molecule is COc1ccccc1NS(=O)(=O)c1cc(NC(=O)c2ccsc2)ccc1C. The van der Waals surface area contributed by atoms with Gasteiger partial charge in [0.05, 0.1) is 23.3 Å². The molecule has 0 aliphatic carbocycles. The minimum atomic E-state index is -3.87. The molecule has 1 amide bonds. The minimum absolute atomic E-state index is 0.0801. The van der Waals surface area contributed by atoms with Crippen LogP contribution in [-0.4, -0.2) is 21.4 Å². The van der Waals surface area contributed by atoms with Crippen molar-refractivity contribution in [3.05, 3.63) is 70.4 Å². The number of carbonyl (C=O) groups excluding carboxylic acids is 1. The number of rotatable bonds is 6. The number of anilines is 2. The Morgan fingerprint density at radius 1 is 1.11 bits per heavy atom. The van der Waals surface area contributed by atoms with Gasteiger partial charge in [-0.3, -0.25) is 9.52 Å². The largest absolute Gasteiger partial charge is 0.495 e. The molecule has 0 radical (unpaired) electrons. The number of aryl methyl sites for hydroxylation is 1. The Morgan fingerprint density at radius 2 is 1.89 bits per heavy atom. The molecule has 2 aromatic carbocycles. The summed E-state index contributed by atoms with van der Waals surface area (Å²) < 4.78 is 33.5. The zero-order valence-electron chi connectivity index (χ0n) is 14.7. The molecule has 1 heterocycles. The van der Waals surface area contributed by atoms with Crippen molar-refractivity contribution in [1.82, 2.24) is 0 Å². The van der Waals surface area contributed by atoms with Crippen LogP contribution < -0.4 is 14.8 Å². The lowest BCUT2D eigenvalue weighted by molar-refractivity contribution is 0.102. The Labute approximate surface area is 161 Å². The second-order valence-electron chi connectivity index (χ2n) is 5.75. The van der Waals surface area contributed by atoms with Crippen molar-refractivity contribution < 1.29 is 17.9 Å². The van der Waals surface area contributed by atoms with Crippen LogP contribution in [0, 0.1) is 6.92 Å². The molecule has 6 nitrogen and oxygen atoms in total. The first kappa shape index (κ1) is 18.9. The fraction of sp³-hybridized carbons (Fsp3) is 0.105. The fourth-order valence-corrected chi connectivity index (χ4v) is 4.47. The van der Waals surface area contributed by atoms with Crippen molar-refractivity contribution in [2.24, 2.45) is 0 Å². The molecule has 0 unspecified atom stereocenters. The molecule has 0 aliphatic heterocycles. The summed E-state index contributed by atoms with van der Waals surface area (Å²) in [7, 11) is -2.40. The Hall–Kier alpha value is -2.84. The summed E-state index contributed by atoms with van der Waals surface area (Å²) in [5.41, 5.74) is 1.83.